The summed E-state index contributed by atoms with van der Waals surface area (Å²) >= 11 is 3.55. The molecular formula is C15H14BrNO4. The van der Waals surface area contributed by atoms with Gasteiger partial charge in [-0.25, -0.2) is 0 Å². The summed E-state index contributed by atoms with van der Waals surface area (Å²) in [5, 5.41) is 14.9. The first-order valence-electron chi connectivity index (χ1n) is 6.32. The Bertz CT molecular complexity index is 647. The number of ether oxygens (including phenoxy) is 1. The number of carbonyl (C=O) groups excluding carboxylic acids is 1. The first-order valence-corrected chi connectivity index (χ1v) is 7.24. The average molecular weight is 352 g/mol. The van der Waals surface area contributed by atoms with Gasteiger partial charge in [0.1, 0.15) is 18.1 Å². The molecule has 0 radical (unpaired) electrons. The molecule has 0 spiro atoms. The maximum absolute atomic E-state index is 11.8. The molecule has 1 unspecified atom stereocenters. The molecule has 6 heteroatoms. The maximum atomic E-state index is 11.8. The van der Waals surface area contributed by atoms with E-state index in [2.05, 4.69) is 22.0 Å². The number of carbonyl (C=O) groups is 2. The number of carboxylic acids is 1. The van der Waals surface area contributed by atoms with Crippen LogP contribution < -0.4 is 4.74 Å². The molecule has 110 valence electrons. The minimum atomic E-state index is -0.833. The number of aliphatic carboxylic acids is 1. The maximum Gasteiger partial charge on any atom is 0.300 e. The molecule has 1 aromatic rings. The smallest absolute Gasteiger partial charge is 0.300 e. The molecule has 3 rings (SSSR count). The summed E-state index contributed by atoms with van der Waals surface area (Å²) in [5.74, 6) is -0.414. The molecule has 2 aliphatic rings. The third-order valence-electron chi connectivity index (χ3n) is 3.05. The standard InChI is InChI=1S/C13H10BrNO2.C2H4O2/c14-8-2-4-9-7(5-8)1-3-10-12(16)11(15)6-17-13(9)10;1-2(3)4/h1-4,8,15H,5-6H2;1H3,(H,3,4). The minimum Gasteiger partial charge on any atom is -0.486 e. The highest BCUT2D eigenvalue weighted by Gasteiger charge is 2.27. The number of ketones is 1. The third-order valence-corrected chi connectivity index (χ3v) is 3.68. The van der Waals surface area contributed by atoms with Gasteiger partial charge < -0.3 is 9.84 Å². The Morgan fingerprint density at radius 3 is 2.81 bits per heavy atom. The zero-order valence-corrected chi connectivity index (χ0v) is 12.9. The van der Waals surface area contributed by atoms with Gasteiger partial charge in [0.15, 0.2) is 0 Å². The molecule has 0 saturated heterocycles. The van der Waals surface area contributed by atoms with E-state index in [4.69, 9.17) is 20.0 Å². The van der Waals surface area contributed by atoms with Gasteiger partial charge in [-0.1, -0.05) is 34.1 Å². The molecule has 1 aromatic carbocycles. The van der Waals surface area contributed by atoms with Crippen molar-refractivity contribution in [1.82, 2.24) is 0 Å². The van der Waals surface area contributed by atoms with Crippen molar-refractivity contribution < 1.29 is 19.4 Å². The number of allylic oxidation sites excluding steroid dienone is 1. The first-order chi connectivity index (χ1) is 9.90. The van der Waals surface area contributed by atoms with E-state index in [1.807, 2.05) is 12.1 Å². The zero-order valence-electron chi connectivity index (χ0n) is 11.4. The van der Waals surface area contributed by atoms with Crippen LogP contribution in [-0.4, -0.2) is 34.0 Å². The van der Waals surface area contributed by atoms with Crippen molar-refractivity contribution in [3.63, 3.8) is 0 Å². The van der Waals surface area contributed by atoms with Crippen LogP contribution >= 0.6 is 15.9 Å². The average Bonchev–Trinajstić information content (AvgIpc) is 2.41. The Morgan fingerprint density at radius 1 is 1.48 bits per heavy atom. The molecule has 0 aromatic heterocycles. The lowest BCUT2D eigenvalue weighted by atomic mass is 9.91. The lowest BCUT2D eigenvalue weighted by Crippen LogP contribution is -2.28. The first kappa shape index (κ1) is 15.4. The van der Waals surface area contributed by atoms with E-state index in [0.29, 0.717) is 16.1 Å². The number of fused-ring (bicyclic) bond motifs is 3. The van der Waals surface area contributed by atoms with E-state index < -0.39 is 5.97 Å². The van der Waals surface area contributed by atoms with Gasteiger partial charge in [0, 0.05) is 17.3 Å². The molecule has 1 heterocycles. The van der Waals surface area contributed by atoms with Crippen LogP contribution in [0.25, 0.3) is 6.08 Å². The number of alkyl halides is 1. The molecule has 1 aliphatic carbocycles. The van der Waals surface area contributed by atoms with Crippen molar-refractivity contribution in [3.8, 4) is 5.75 Å². The summed E-state index contributed by atoms with van der Waals surface area (Å²) in [5.41, 5.74) is 2.70. The molecular weight excluding hydrogens is 338 g/mol. The number of halogens is 1. The Morgan fingerprint density at radius 2 is 2.14 bits per heavy atom. The van der Waals surface area contributed by atoms with Gasteiger partial charge in [-0.05, 0) is 18.1 Å². The second-order valence-corrected chi connectivity index (χ2v) is 5.89. The Labute approximate surface area is 130 Å². The number of hydrogen-bond donors (Lipinski definition) is 2. The highest BCUT2D eigenvalue weighted by molar-refractivity contribution is 9.09. The van der Waals surface area contributed by atoms with Gasteiger partial charge in [-0.2, -0.15) is 0 Å². The van der Waals surface area contributed by atoms with E-state index in [1.165, 1.54) is 5.56 Å². The number of carboxylic acid groups (broad SMARTS) is 1. The van der Waals surface area contributed by atoms with E-state index in [1.54, 1.807) is 6.07 Å². The van der Waals surface area contributed by atoms with Crippen molar-refractivity contribution in [2.75, 3.05) is 6.61 Å². The van der Waals surface area contributed by atoms with Crippen molar-refractivity contribution in [1.29, 1.82) is 5.41 Å². The summed E-state index contributed by atoms with van der Waals surface area (Å²) in [6.07, 6.45) is 4.93. The van der Waals surface area contributed by atoms with E-state index in [9.17, 15) is 4.79 Å². The monoisotopic (exact) mass is 351 g/mol. The topological polar surface area (TPSA) is 87.4 Å². The van der Waals surface area contributed by atoms with E-state index in [-0.39, 0.29) is 18.1 Å². The van der Waals surface area contributed by atoms with Crippen molar-refractivity contribution in [2.45, 2.75) is 18.2 Å². The second kappa shape index (κ2) is 6.22. The van der Waals surface area contributed by atoms with Crippen molar-refractivity contribution >= 4 is 39.5 Å². The Balaban J connectivity index is 0.000000361. The van der Waals surface area contributed by atoms with Crippen LogP contribution in [0.15, 0.2) is 18.2 Å². The van der Waals surface area contributed by atoms with Gasteiger partial charge in [0.2, 0.25) is 5.78 Å². The number of benzene rings is 1. The molecule has 0 fully saturated rings. The summed E-state index contributed by atoms with van der Waals surface area (Å²) in [7, 11) is 0. The third kappa shape index (κ3) is 3.39. The molecule has 21 heavy (non-hydrogen) atoms. The number of rotatable bonds is 0. The summed E-state index contributed by atoms with van der Waals surface area (Å²) < 4.78 is 5.53. The Hall–Kier alpha value is -1.95. The number of hydrogen-bond acceptors (Lipinski definition) is 4. The fourth-order valence-corrected chi connectivity index (χ4v) is 2.69. The van der Waals surface area contributed by atoms with Crippen molar-refractivity contribution in [2.24, 2.45) is 0 Å². The molecule has 0 saturated carbocycles. The lowest BCUT2D eigenvalue weighted by Gasteiger charge is -2.23. The van der Waals surface area contributed by atoms with E-state index in [0.717, 1.165) is 18.9 Å². The minimum absolute atomic E-state index is 0.0237. The molecule has 0 amide bonds. The van der Waals surface area contributed by atoms with Crippen molar-refractivity contribution in [3.05, 3.63) is 34.9 Å². The molecule has 0 bridgehead atoms. The van der Waals surface area contributed by atoms with Crippen LogP contribution in [0.3, 0.4) is 0 Å². The van der Waals surface area contributed by atoms with Crippen LogP contribution in [0, 0.1) is 5.41 Å². The van der Waals surface area contributed by atoms with E-state index >= 15 is 0 Å². The quantitative estimate of drug-likeness (QED) is 0.703. The summed E-state index contributed by atoms with van der Waals surface area (Å²) in [4.78, 5) is 21.2. The van der Waals surface area contributed by atoms with Gasteiger partial charge in [0.05, 0.1) is 5.56 Å². The SMILES string of the molecule is CC(=O)O.N=C1COc2c(ccc3c2C=CC(Br)C3)C1=O. The Kier molecular flexibility index (Phi) is 4.57. The molecule has 5 nitrogen and oxygen atoms in total. The highest BCUT2D eigenvalue weighted by atomic mass is 79.9. The predicted octanol–water partition coefficient (Wildman–Crippen LogP) is 2.71. The molecule has 1 atom stereocenters. The van der Waals surface area contributed by atoms with Gasteiger partial charge in [-0.15, -0.1) is 0 Å². The van der Waals surface area contributed by atoms with Gasteiger partial charge in [0.25, 0.3) is 5.97 Å². The number of Topliss-reactive ketones (excluding diaryl/α,β-unsaturated/α-hetero) is 1. The summed E-state index contributed by atoms with van der Waals surface area (Å²) in [6.45, 7) is 1.16. The highest BCUT2D eigenvalue weighted by Crippen LogP contribution is 2.35. The van der Waals surface area contributed by atoms with Crippen LogP contribution in [0.4, 0.5) is 0 Å². The predicted molar refractivity (Wildman–Crippen MR) is 82.8 cm³/mol. The van der Waals surface area contributed by atoms with Crippen LogP contribution in [0.1, 0.15) is 28.4 Å². The summed E-state index contributed by atoms with van der Waals surface area (Å²) in [6, 6.07) is 3.72. The fourth-order valence-electron chi connectivity index (χ4n) is 2.19. The van der Waals surface area contributed by atoms with Gasteiger partial charge >= 0.3 is 0 Å². The van der Waals surface area contributed by atoms with Crippen LogP contribution in [0.5, 0.6) is 5.75 Å². The molecule has 2 N–H and O–H groups in total. The lowest BCUT2D eigenvalue weighted by molar-refractivity contribution is -0.134. The van der Waals surface area contributed by atoms with Crippen LogP contribution in [-0.2, 0) is 11.2 Å². The van der Waals surface area contributed by atoms with Crippen LogP contribution in [0.2, 0.25) is 0 Å². The number of nitrogens with one attached hydrogen (secondary N) is 1. The normalized spacial score (nSPS) is 18.9. The fraction of sp³-hybridized carbons (Fsp3) is 0.267. The van der Waals surface area contributed by atoms with Gasteiger partial charge in [-0.3, -0.25) is 15.0 Å². The largest absolute Gasteiger partial charge is 0.486 e. The zero-order chi connectivity index (χ0) is 15.6. The second-order valence-electron chi connectivity index (χ2n) is 4.71. The molecule has 1 aliphatic heterocycles.